The highest BCUT2D eigenvalue weighted by molar-refractivity contribution is 7.89. The van der Waals surface area contributed by atoms with Crippen molar-refractivity contribution in [1.82, 2.24) is 4.72 Å². The molecule has 1 saturated carbocycles. The minimum atomic E-state index is -3.80. The van der Waals surface area contributed by atoms with Crippen LogP contribution in [0.3, 0.4) is 0 Å². The predicted molar refractivity (Wildman–Crippen MR) is 74.2 cm³/mol. The molecule has 0 unspecified atom stereocenters. The van der Waals surface area contributed by atoms with Crippen LogP contribution in [0.25, 0.3) is 0 Å². The van der Waals surface area contributed by atoms with Crippen molar-refractivity contribution in [3.8, 4) is 0 Å². The summed E-state index contributed by atoms with van der Waals surface area (Å²) in [6, 6.07) is 2.32. The van der Waals surface area contributed by atoms with Crippen molar-refractivity contribution in [3.63, 3.8) is 0 Å². The first-order valence-electron chi connectivity index (χ1n) is 6.51. The molecule has 0 heterocycles. The van der Waals surface area contributed by atoms with E-state index in [9.17, 15) is 17.9 Å². The molecule has 2 rings (SSSR count). The molecule has 1 aromatic rings. The van der Waals surface area contributed by atoms with E-state index in [-0.39, 0.29) is 22.7 Å². The molecule has 0 saturated heterocycles. The van der Waals surface area contributed by atoms with Crippen LogP contribution in [0.4, 0.5) is 10.1 Å². The van der Waals surface area contributed by atoms with Crippen molar-refractivity contribution in [1.29, 1.82) is 0 Å². The van der Waals surface area contributed by atoms with Crippen LogP contribution in [-0.2, 0) is 10.0 Å². The number of hydrogen-bond acceptors (Lipinski definition) is 4. The molecule has 112 valence electrons. The van der Waals surface area contributed by atoms with Gasteiger partial charge in [-0.2, -0.15) is 0 Å². The van der Waals surface area contributed by atoms with Gasteiger partial charge in [-0.05, 0) is 37.5 Å². The van der Waals surface area contributed by atoms with E-state index in [1.807, 2.05) is 0 Å². The van der Waals surface area contributed by atoms with E-state index in [1.165, 1.54) is 13.0 Å². The fourth-order valence-corrected chi connectivity index (χ4v) is 3.68. The number of aryl methyl sites for hydroxylation is 1. The standard InChI is InChI=1S/C13H19FN2O3S/c1-9-6-10(7-11(15)12(9)14)20(18,19)16-8-13(17)4-2-3-5-13/h6-7,16-17H,2-5,8,15H2,1H3. The summed E-state index contributed by atoms with van der Waals surface area (Å²) in [6.07, 6.45) is 2.95. The molecule has 0 aliphatic heterocycles. The maximum Gasteiger partial charge on any atom is 0.240 e. The first kappa shape index (κ1) is 15.2. The van der Waals surface area contributed by atoms with E-state index in [2.05, 4.69) is 4.72 Å². The molecule has 1 fully saturated rings. The van der Waals surface area contributed by atoms with Crippen LogP contribution >= 0.6 is 0 Å². The Labute approximate surface area is 118 Å². The Morgan fingerprint density at radius 3 is 2.55 bits per heavy atom. The van der Waals surface area contributed by atoms with E-state index in [1.54, 1.807) is 0 Å². The second-order valence-electron chi connectivity index (χ2n) is 5.40. The van der Waals surface area contributed by atoms with Gasteiger partial charge in [-0.3, -0.25) is 0 Å². The normalized spacial score (nSPS) is 18.4. The zero-order valence-electron chi connectivity index (χ0n) is 11.3. The smallest absolute Gasteiger partial charge is 0.240 e. The molecule has 0 atom stereocenters. The van der Waals surface area contributed by atoms with E-state index in [0.29, 0.717) is 12.8 Å². The van der Waals surface area contributed by atoms with Crippen LogP contribution in [-0.4, -0.2) is 25.7 Å². The van der Waals surface area contributed by atoms with Gasteiger partial charge in [-0.15, -0.1) is 0 Å². The predicted octanol–water partition coefficient (Wildman–Crippen LogP) is 1.30. The van der Waals surface area contributed by atoms with Crippen LogP contribution in [0.1, 0.15) is 31.2 Å². The number of aliphatic hydroxyl groups is 1. The number of halogens is 1. The SMILES string of the molecule is Cc1cc(S(=O)(=O)NCC2(O)CCCC2)cc(N)c1F. The van der Waals surface area contributed by atoms with Crippen LogP contribution in [0.5, 0.6) is 0 Å². The molecule has 1 aromatic carbocycles. The van der Waals surface area contributed by atoms with Gasteiger partial charge in [0.1, 0.15) is 5.82 Å². The van der Waals surface area contributed by atoms with Crippen molar-refractivity contribution in [2.75, 3.05) is 12.3 Å². The molecule has 0 spiro atoms. The highest BCUT2D eigenvalue weighted by Crippen LogP contribution is 2.29. The maximum absolute atomic E-state index is 13.4. The Balaban J connectivity index is 2.18. The number of nitrogen functional groups attached to an aromatic ring is 1. The monoisotopic (exact) mass is 302 g/mol. The summed E-state index contributed by atoms with van der Waals surface area (Å²) in [5.41, 5.74) is 4.43. The number of benzene rings is 1. The molecule has 5 nitrogen and oxygen atoms in total. The third-order valence-corrected chi connectivity index (χ3v) is 5.07. The fraction of sp³-hybridized carbons (Fsp3) is 0.538. The van der Waals surface area contributed by atoms with Crippen molar-refractivity contribution >= 4 is 15.7 Å². The minimum Gasteiger partial charge on any atom is -0.396 e. The van der Waals surface area contributed by atoms with Crippen LogP contribution in [0, 0.1) is 12.7 Å². The number of anilines is 1. The van der Waals surface area contributed by atoms with Crippen LogP contribution in [0.15, 0.2) is 17.0 Å². The average molecular weight is 302 g/mol. The Morgan fingerprint density at radius 1 is 1.40 bits per heavy atom. The molecule has 0 amide bonds. The lowest BCUT2D eigenvalue weighted by Gasteiger charge is -2.22. The molecule has 0 radical (unpaired) electrons. The maximum atomic E-state index is 13.4. The Kier molecular flexibility index (Phi) is 4.04. The van der Waals surface area contributed by atoms with Gasteiger partial charge in [0.25, 0.3) is 0 Å². The van der Waals surface area contributed by atoms with Crippen molar-refractivity contribution in [3.05, 3.63) is 23.5 Å². The summed E-state index contributed by atoms with van der Waals surface area (Å²) in [7, 11) is -3.80. The van der Waals surface area contributed by atoms with Gasteiger partial charge in [0, 0.05) is 6.54 Å². The molecular weight excluding hydrogens is 283 g/mol. The Hall–Kier alpha value is -1.18. The van der Waals surface area contributed by atoms with E-state index in [4.69, 9.17) is 5.73 Å². The van der Waals surface area contributed by atoms with E-state index >= 15 is 0 Å². The van der Waals surface area contributed by atoms with E-state index < -0.39 is 21.4 Å². The summed E-state index contributed by atoms with van der Waals surface area (Å²) < 4.78 is 40.1. The molecule has 0 aromatic heterocycles. The largest absolute Gasteiger partial charge is 0.396 e. The molecule has 20 heavy (non-hydrogen) atoms. The van der Waals surface area contributed by atoms with Crippen LogP contribution in [0.2, 0.25) is 0 Å². The summed E-state index contributed by atoms with van der Waals surface area (Å²) in [5, 5.41) is 10.1. The van der Waals surface area contributed by atoms with Gasteiger partial charge in [0.2, 0.25) is 10.0 Å². The van der Waals surface area contributed by atoms with E-state index in [0.717, 1.165) is 18.9 Å². The Morgan fingerprint density at radius 2 is 2.00 bits per heavy atom. The number of rotatable bonds is 4. The van der Waals surface area contributed by atoms with Gasteiger partial charge in [0.15, 0.2) is 0 Å². The van der Waals surface area contributed by atoms with Crippen molar-refractivity contribution in [2.24, 2.45) is 0 Å². The van der Waals surface area contributed by atoms with Gasteiger partial charge in [-0.1, -0.05) is 12.8 Å². The molecule has 4 N–H and O–H groups in total. The second kappa shape index (κ2) is 5.31. The van der Waals surface area contributed by atoms with Crippen molar-refractivity contribution < 1.29 is 17.9 Å². The number of nitrogens with one attached hydrogen (secondary N) is 1. The van der Waals surface area contributed by atoms with Gasteiger partial charge < -0.3 is 10.8 Å². The number of hydrogen-bond donors (Lipinski definition) is 3. The van der Waals surface area contributed by atoms with Crippen molar-refractivity contribution in [2.45, 2.75) is 43.1 Å². The lowest BCUT2D eigenvalue weighted by Crippen LogP contribution is -2.40. The molecular formula is C13H19FN2O3S. The van der Waals surface area contributed by atoms with Crippen LogP contribution < -0.4 is 10.5 Å². The van der Waals surface area contributed by atoms with Gasteiger partial charge >= 0.3 is 0 Å². The number of nitrogens with two attached hydrogens (primary N) is 1. The summed E-state index contributed by atoms with van der Waals surface area (Å²) in [6.45, 7) is 1.42. The second-order valence-corrected chi connectivity index (χ2v) is 7.17. The molecule has 0 bridgehead atoms. The third kappa shape index (κ3) is 3.11. The lowest BCUT2D eigenvalue weighted by atomic mass is 10.0. The summed E-state index contributed by atoms with van der Waals surface area (Å²) in [5.74, 6) is -0.613. The minimum absolute atomic E-state index is 0.0360. The molecule has 1 aliphatic carbocycles. The average Bonchev–Trinajstić information content (AvgIpc) is 2.81. The zero-order valence-corrected chi connectivity index (χ0v) is 12.1. The fourth-order valence-electron chi connectivity index (χ4n) is 2.44. The Bertz CT molecular complexity index is 587. The first-order valence-corrected chi connectivity index (χ1v) is 7.99. The highest BCUT2D eigenvalue weighted by atomic mass is 32.2. The molecule has 7 heteroatoms. The van der Waals surface area contributed by atoms with Gasteiger partial charge in [0.05, 0.1) is 16.2 Å². The lowest BCUT2D eigenvalue weighted by molar-refractivity contribution is 0.0532. The third-order valence-electron chi connectivity index (χ3n) is 3.69. The molecule has 1 aliphatic rings. The van der Waals surface area contributed by atoms with Gasteiger partial charge in [-0.25, -0.2) is 17.5 Å². The summed E-state index contributed by atoms with van der Waals surface area (Å²) in [4.78, 5) is -0.0875. The first-order chi connectivity index (χ1) is 9.23. The highest BCUT2D eigenvalue weighted by Gasteiger charge is 2.32. The number of sulfonamides is 1. The quantitative estimate of drug-likeness (QED) is 0.731. The summed E-state index contributed by atoms with van der Waals surface area (Å²) >= 11 is 0. The zero-order chi connectivity index (χ0) is 15.0. The topological polar surface area (TPSA) is 92.4 Å².